The maximum absolute atomic E-state index is 13.6. The first-order valence-corrected chi connectivity index (χ1v) is 8.31. The predicted molar refractivity (Wildman–Crippen MR) is 98.7 cm³/mol. The van der Waals surface area contributed by atoms with Crippen LogP contribution in [0.25, 0.3) is 11.0 Å². The van der Waals surface area contributed by atoms with E-state index in [0.717, 1.165) is 17.5 Å². The molecule has 7 heteroatoms. The Labute approximate surface area is 156 Å². The molecular weight excluding hydrogens is 357 g/mol. The summed E-state index contributed by atoms with van der Waals surface area (Å²) in [7, 11) is 0. The van der Waals surface area contributed by atoms with Gasteiger partial charge in [-0.3, -0.25) is 4.79 Å². The molecule has 1 aliphatic rings. The molecular formula is C19H19ClFN3O2. The number of nitrogens with one attached hydrogen (secondary N) is 1. The molecule has 0 aliphatic carbocycles. The van der Waals surface area contributed by atoms with Gasteiger partial charge in [0.1, 0.15) is 11.5 Å². The normalized spacial score (nSPS) is 17.1. The first-order valence-electron chi connectivity index (χ1n) is 8.31. The summed E-state index contributed by atoms with van der Waals surface area (Å²) in [4.78, 5) is 14.7. The molecule has 0 radical (unpaired) electrons. The van der Waals surface area contributed by atoms with E-state index in [1.807, 2.05) is 30.3 Å². The van der Waals surface area contributed by atoms with Crippen LogP contribution in [0.15, 0.2) is 53.1 Å². The Kier molecular flexibility index (Phi) is 5.54. The lowest BCUT2D eigenvalue weighted by molar-refractivity contribution is -0.133. The number of amides is 1. The van der Waals surface area contributed by atoms with Crippen molar-refractivity contribution in [2.75, 3.05) is 19.6 Å². The van der Waals surface area contributed by atoms with Gasteiger partial charge < -0.3 is 14.7 Å². The molecule has 1 aliphatic heterocycles. The number of fused-ring (bicyclic) bond motifs is 1. The smallest absolute Gasteiger partial charge is 0.229 e. The van der Waals surface area contributed by atoms with Crippen molar-refractivity contribution in [2.24, 2.45) is 0 Å². The highest BCUT2D eigenvalue weighted by Crippen LogP contribution is 2.25. The van der Waals surface area contributed by atoms with Crippen LogP contribution in [0, 0.1) is 5.82 Å². The fourth-order valence-electron chi connectivity index (χ4n) is 3.32. The summed E-state index contributed by atoms with van der Waals surface area (Å²) in [6.45, 7) is 1.90. The number of carbonyl (C=O) groups is 1. The number of rotatable bonds is 3. The second-order valence-corrected chi connectivity index (χ2v) is 6.16. The van der Waals surface area contributed by atoms with Crippen LogP contribution in [0.2, 0.25) is 0 Å². The van der Waals surface area contributed by atoms with E-state index in [2.05, 4.69) is 10.5 Å². The minimum Gasteiger partial charge on any atom is -0.356 e. The monoisotopic (exact) mass is 375 g/mol. The summed E-state index contributed by atoms with van der Waals surface area (Å²) < 4.78 is 18.9. The van der Waals surface area contributed by atoms with E-state index in [-0.39, 0.29) is 36.6 Å². The van der Waals surface area contributed by atoms with Gasteiger partial charge in [-0.05, 0) is 29.8 Å². The van der Waals surface area contributed by atoms with Gasteiger partial charge >= 0.3 is 0 Å². The van der Waals surface area contributed by atoms with Crippen molar-refractivity contribution in [2.45, 2.75) is 12.5 Å². The molecule has 1 saturated heterocycles. The molecule has 0 spiro atoms. The zero-order valence-corrected chi connectivity index (χ0v) is 14.8. The summed E-state index contributed by atoms with van der Waals surface area (Å²) in [6.07, 6.45) is 0.169. The van der Waals surface area contributed by atoms with E-state index < -0.39 is 0 Å². The number of para-hydroxylation sites is 1. The Hall–Kier alpha value is -2.44. The highest BCUT2D eigenvalue weighted by Gasteiger charge is 2.29. The van der Waals surface area contributed by atoms with Gasteiger partial charge in [-0.25, -0.2) is 4.39 Å². The van der Waals surface area contributed by atoms with E-state index in [1.165, 1.54) is 12.1 Å². The number of halogens is 2. The minimum atomic E-state index is -0.294. The van der Waals surface area contributed by atoms with Gasteiger partial charge in [0.25, 0.3) is 0 Å². The van der Waals surface area contributed by atoms with E-state index >= 15 is 0 Å². The van der Waals surface area contributed by atoms with Crippen molar-refractivity contribution < 1.29 is 13.7 Å². The molecule has 2 aromatic carbocycles. The van der Waals surface area contributed by atoms with Crippen LogP contribution < -0.4 is 5.32 Å². The molecule has 1 unspecified atom stereocenters. The Bertz CT molecular complexity index is 914. The van der Waals surface area contributed by atoms with Crippen molar-refractivity contribution in [1.82, 2.24) is 15.4 Å². The van der Waals surface area contributed by atoms with E-state index in [9.17, 15) is 9.18 Å². The summed E-state index contributed by atoms with van der Waals surface area (Å²) >= 11 is 0. The fraction of sp³-hybridized carbons (Fsp3) is 0.263. The third kappa shape index (κ3) is 3.57. The largest absolute Gasteiger partial charge is 0.356 e. The highest BCUT2D eigenvalue weighted by atomic mass is 35.5. The van der Waals surface area contributed by atoms with Crippen LogP contribution in [0.5, 0.6) is 0 Å². The lowest BCUT2D eigenvalue weighted by Crippen LogP contribution is -2.49. The summed E-state index contributed by atoms with van der Waals surface area (Å²) in [6, 6.07) is 13.7. The lowest BCUT2D eigenvalue weighted by Gasteiger charge is -2.36. The van der Waals surface area contributed by atoms with Crippen LogP contribution >= 0.6 is 12.4 Å². The van der Waals surface area contributed by atoms with E-state index in [4.69, 9.17) is 4.52 Å². The zero-order valence-electron chi connectivity index (χ0n) is 14.0. The number of piperazine rings is 1. The molecule has 2 heterocycles. The molecule has 0 saturated carbocycles. The lowest BCUT2D eigenvalue weighted by atomic mass is 10.0. The number of hydrogen-bond acceptors (Lipinski definition) is 4. The maximum Gasteiger partial charge on any atom is 0.229 e. The summed E-state index contributed by atoms with van der Waals surface area (Å²) in [5.41, 5.74) is 2.11. The van der Waals surface area contributed by atoms with Crippen molar-refractivity contribution in [3.05, 3.63) is 65.6 Å². The van der Waals surface area contributed by atoms with Crippen LogP contribution in [-0.2, 0) is 11.2 Å². The van der Waals surface area contributed by atoms with Gasteiger partial charge in [0.2, 0.25) is 5.91 Å². The van der Waals surface area contributed by atoms with Crippen LogP contribution in [-0.4, -0.2) is 35.6 Å². The Morgan fingerprint density at radius 2 is 2.12 bits per heavy atom. The van der Waals surface area contributed by atoms with E-state index in [1.54, 1.807) is 11.0 Å². The third-order valence-electron chi connectivity index (χ3n) is 4.57. The van der Waals surface area contributed by atoms with Crippen LogP contribution in [0.3, 0.4) is 0 Å². The van der Waals surface area contributed by atoms with Gasteiger partial charge in [0, 0.05) is 25.0 Å². The molecule has 0 bridgehead atoms. The van der Waals surface area contributed by atoms with Crippen molar-refractivity contribution in [3.8, 4) is 0 Å². The van der Waals surface area contributed by atoms with Crippen molar-refractivity contribution in [3.63, 3.8) is 0 Å². The molecule has 3 aromatic rings. The molecule has 1 aromatic heterocycles. The fourth-order valence-corrected chi connectivity index (χ4v) is 3.32. The van der Waals surface area contributed by atoms with Gasteiger partial charge in [-0.2, -0.15) is 0 Å². The number of aromatic nitrogens is 1. The maximum atomic E-state index is 13.6. The Morgan fingerprint density at radius 1 is 1.27 bits per heavy atom. The van der Waals surface area contributed by atoms with Gasteiger partial charge in [0.15, 0.2) is 5.58 Å². The van der Waals surface area contributed by atoms with Crippen molar-refractivity contribution >= 4 is 29.3 Å². The number of carbonyl (C=O) groups excluding carboxylic acids is 1. The zero-order chi connectivity index (χ0) is 17.2. The summed E-state index contributed by atoms with van der Waals surface area (Å²) in [5, 5.41) is 8.17. The van der Waals surface area contributed by atoms with Crippen LogP contribution in [0.4, 0.5) is 4.39 Å². The minimum absolute atomic E-state index is 0. The number of benzene rings is 2. The molecule has 1 atom stereocenters. The topological polar surface area (TPSA) is 58.4 Å². The summed E-state index contributed by atoms with van der Waals surface area (Å²) in [5.74, 6) is -0.326. The quantitative estimate of drug-likeness (QED) is 0.764. The van der Waals surface area contributed by atoms with Gasteiger partial charge in [0.05, 0.1) is 12.5 Å². The molecule has 136 valence electrons. The van der Waals surface area contributed by atoms with Gasteiger partial charge in [-0.1, -0.05) is 29.4 Å². The first-order chi connectivity index (χ1) is 12.2. The van der Waals surface area contributed by atoms with Crippen molar-refractivity contribution in [1.29, 1.82) is 0 Å². The second kappa shape index (κ2) is 7.85. The standard InChI is InChI=1S/C19H18FN3O2.ClH/c20-14-5-3-4-13(10-14)17-12-21-8-9-23(17)19(24)11-16-15-6-1-2-7-18(15)25-22-16;/h1-7,10,17,21H,8-9,11-12H2;1H. The molecule has 1 amide bonds. The molecule has 5 nitrogen and oxygen atoms in total. The average Bonchev–Trinajstić information content (AvgIpc) is 3.05. The SMILES string of the molecule is Cl.O=C(Cc1noc2ccccc12)N1CCNCC1c1cccc(F)c1. The molecule has 4 rings (SSSR count). The van der Waals surface area contributed by atoms with Crippen LogP contribution in [0.1, 0.15) is 17.3 Å². The Morgan fingerprint density at radius 3 is 2.96 bits per heavy atom. The third-order valence-corrected chi connectivity index (χ3v) is 4.57. The highest BCUT2D eigenvalue weighted by molar-refractivity contribution is 5.86. The first kappa shape index (κ1) is 18.4. The predicted octanol–water partition coefficient (Wildman–Crippen LogP) is 3.10. The average molecular weight is 376 g/mol. The molecule has 26 heavy (non-hydrogen) atoms. The number of hydrogen-bond donors (Lipinski definition) is 1. The Balaban J connectivity index is 0.00000196. The second-order valence-electron chi connectivity index (χ2n) is 6.16. The van der Waals surface area contributed by atoms with Gasteiger partial charge in [-0.15, -0.1) is 12.4 Å². The molecule has 1 fully saturated rings. The van der Waals surface area contributed by atoms with E-state index in [0.29, 0.717) is 24.4 Å². The molecule has 1 N–H and O–H groups in total. The number of nitrogens with zero attached hydrogens (tertiary/aromatic N) is 2.